The number of carbonyl (C=O) groups excluding carboxylic acids is 2. The molecule has 0 radical (unpaired) electrons. The van der Waals surface area contributed by atoms with Crippen LogP contribution in [0.15, 0.2) is 24.3 Å². The molecule has 0 spiro atoms. The third kappa shape index (κ3) is 5.01. The zero-order chi connectivity index (χ0) is 15.0. The fourth-order valence-corrected chi connectivity index (χ4v) is 1.80. The summed E-state index contributed by atoms with van der Waals surface area (Å²) in [6.07, 6.45) is 0. The molecule has 3 N–H and O–H groups in total. The van der Waals surface area contributed by atoms with Crippen LogP contribution in [0.3, 0.4) is 0 Å². The Labute approximate surface area is 120 Å². The number of hydrogen-bond acceptors (Lipinski definition) is 3. The monoisotopic (exact) mass is 277 g/mol. The van der Waals surface area contributed by atoms with Gasteiger partial charge in [0.25, 0.3) is 5.91 Å². The summed E-state index contributed by atoms with van der Waals surface area (Å²) in [4.78, 5) is 23.3. The lowest BCUT2D eigenvalue weighted by Gasteiger charge is -2.11. The smallest absolute Gasteiger partial charge is 0.251 e. The maximum atomic E-state index is 11.8. The minimum absolute atomic E-state index is 0.0205. The molecule has 2 amide bonds. The summed E-state index contributed by atoms with van der Waals surface area (Å²) in [6.45, 7) is 5.50. The van der Waals surface area contributed by atoms with Crippen molar-refractivity contribution in [3.8, 4) is 0 Å². The first-order chi connectivity index (χ1) is 9.58. The van der Waals surface area contributed by atoms with E-state index in [4.69, 9.17) is 0 Å². The van der Waals surface area contributed by atoms with Crippen molar-refractivity contribution in [3.05, 3.63) is 35.4 Å². The van der Waals surface area contributed by atoms with Gasteiger partial charge in [0.1, 0.15) is 0 Å². The van der Waals surface area contributed by atoms with Crippen LogP contribution in [0.1, 0.15) is 29.8 Å². The molecule has 5 heteroatoms. The van der Waals surface area contributed by atoms with E-state index in [1.54, 1.807) is 12.1 Å². The van der Waals surface area contributed by atoms with Gasteiger partial charge in [0.05, 0.1) is 0 Å². The molecular weight excluding hydrogens is 254 g/mol. The number of hydrogen-bond donors (Lipinski definition) is 3. The largest absolute Gasteiger partial charge is 0.352 e. The van der Waals surface area contributed by atoms with Crippen LogP contribution in [0.25, 0.3) is 0 Å². The summed E-state index contributed by atoms with van der Waals surface area (Å²) < 4.78 is 0. The van der Waals surface area contributed by atoms with Crippen molar-refractivity contribution in [1.82, 2.24) is 16.0 Å². The molecule has 1 aromatic rings. The van der Waals surface area contributed by atoms with Gasteiger partial charge in [-0.1, -0.05) is 19.1 Å². The Bertz CT molecular complexity index is 443. The first-order valence-electron chi connectivity index (χ1n) is 6.88. The molecule has 0 saturated carbocycles. The Kier molecular flexibility index (Phi) is 6.73. The summed E-state index contributed by atoms with van der Waals surface area (Å²) in [5.74, 6) is -0.118. The first kappa shape index (κ1) is 16.2. The van der Waals surface area contributed by atoms with E-state index in [2.05, 4.69) is 16.0 Å². The molecule has 110 valence electrons. The number of nitrogens with one attached hydrogen (secondary N) is 3. The van der Waals surface area contributed by atoms with E-state index in [1.807, 2.05) is 33.0 Å². The van der Waals surface area contributed by atoms with Crippen molar-refractivity contribution in [2.75, 3.05) is 20.1 Å². The van der Waals surface area contributed by atoms with Crippen LogP contribution in [-0.4, -0.2) is 32.0 Å². The molecule has 0 aliphatic rings. The van der Waals surface area contributed by atoms with Gasteiger partial charge in [-0.05, 0) is 31.7 Å². The van der Waals surface area contributed by atoms with E-state index >= 15 is 0 Å². The molecule has 1 atom stereocenters. The van der Waals surface area contributed by atoms with Gasteiger partial charge in [-0.2, -0.15) is 0 Å². The third-order valence-corrected chi connectivity index (χ3v) is 2.98. The van der Waals surface area contributed by atoms with Crippen LogP contribution >= 0.6 is 0 Å². The van der Waals surface area contributed by atoms with E-state index in [0.29, 0.717) is 25.2 Å². The van der Waals surface area contributed by atoms with Crippen molar-refractivity contribution >= 4 is 11.8 Å². The average molecular weight is 277 g/mol. The lowest BCUT2D eigenvalue weighted by atomic mass is 10.1. The zero-order valence-corrected chi connectivity index (χ0v) is 12.3. The van der Waals surface area contributed by atoms with Gasteiger partial charge in [-0.15, -0.1) is 0 Å². The van der Waals surface area contributed by atoms with E-state index in [1.165, 1.54) is 0 Å². The topological polar surface area (TPSA) is 70.2 Å². The molecule has 5 nitrogen and oxygen atoms in total. The van der Waals surface area contributed by atoms with Crippen LogP contribution in [0.5, 0.6) is 0 Å². The van der Waals surface area contributed by atoms with Gasteiger partial charge >= 0.3 is 0 Å². The van der Waals surface area contributed by atoms with E-state index in [9.17, 15) is 9.59 Å². The highest BCUT2D eigenvalue weighted by molar-refractivity contribution is 5.94. The van der Waals surface area contributed by atoms with Gasteiger partial charge in [0.2, 0.25) is 5.91 Å². The van der Waals surface area contributed by atoms with Crippen LogP contribution in [-0.2, 0) is 11.3 Å². The number of carbonyl (C=O) groups is 2. The highest BCUT2D eigenvalue weighted by Gasteiger charge is 2.11. The molecule has 20 heavy (non-hydrogen) atoms. The molecule has 0 saturated heterocycles. The van der Waals surface area contributed by atoms with Crippen LogP contribution in [0.2, 0.25) is 0 Å². The van der Waals surface area contributed by atoms with E-state index in [0.717, 1.165) is 5.56 Å². The molecule has 0 heterocycles. The van der Waals surface area contributed by atoms with Crippen LogP contribution in [0.4, 0.5) is 0 Å². The quantitative estimate of drug-likeness (QED) is 0.694. The lowest BCUT2D eigenvalue weighted by molar-refractivity contribution is -0.124. The first-order valence-corrected chi connectivity index (χ1v) is 6.88. The highest BCUT2D eigenvalue weighted by atomic mass is 16.2. The average Bonchev–Trinajstić information content (AvgIpc) is 2.45. The molecule has 0 aliphatic carbocycles. The van der Waals surface area contributed by atoms with Gasteiger partial charge in [-0.3, -0.25) is 9.59 Å². The molecular formula is C15H23N3O2. The van der Waals surface area contributed by atoms with Gasteiger partial charge in [-0.25, -0.2) is 0 Å². The van der Waals surface area contributed by atoms with Crippen molar-refractivity contribution in [3.63, 3.8) is 0 Å². The minimum Gasteiger partial charge on any atom is -0.352 e. The normalized spacial score (nSPS) is 11.8. The summed E-state index contributed by atoms with van der Waals surface area (Å²) in [7, 11) is 1.82. The molecule has 1 rings (SSSR count). The summed E-state index contributed by atoms with van der Waals surface area (Å²) >= 11 is 0. The van der Waals surface area contributed by atoms with Gasteiger partial charge < -0.3 is 16.0 Å². The molecule has 1 unspecified atom stereocenters. The second-order valence-electron chi connectivity index (χ2n) is 4.73. The fraction of sp³-hybridized carbons (Fsp3) is 0.467. The molecule has 0 aromatic heterocycles. The minimum atomic E-state index is -0.0780. The predicted molar refractivity (Wildman–Crippen MR) is 79.4 cm³/mol. The molecule has 0 fully saturated rings. The summed E-state index contributed by atoms with van der Waals surface area (Å²) in [6, 6.07) is 7.24. The predicted octanol–water partition coefficient (Wildman–Crippen LogP) is 0.908. The Hall–Kier alpha value is -1.88. The number of rotatable bonds is 7. The van der Waals surface area contributed by atoms with Crippen molar-refractivity contribution in [1.29, 1.82) is 0 Å². The van der Waals surface area contributed by atoms with Gasteiger partial charge in [0, 0.05) is 31.1 Å². The standard InChI is InChI=1S/C15H23N3O2/c1-4-17-15(20)13-7-5-12(6-8-13)10-18-14(19)11(2)9-16-3/h5-8,11,16H,4,9-10H2,1-3H3,(H,17,20)(H,18,19). The Morgan fingerprint density at radius 3 is 2.35 bits per heavy atom. The van der Waals surface area contributed by atoms with Crippen molar-refractivity contribution in [2.24, 2.45) is 5.92 Å². The fourth-order valence-electron chi connectivity index (χ4n) is 1.80. The Morgan fingerprint density at radius 1 is 1.15 bits per heavy atom. The summed E-state index contributed by atoms with van der Waals surface area (Å²) in [5.41, 5.74) is 1.61. The second-order valence-corrected chi connectivity index (χ2v) is 4.73. The maximum absolute atomic E-state index is 11.8. The van der Waals surface area contributed by atoms with E-state index in [-0.39, 0.29) is 17.7 Å². The Balaban J connectivity index is 2.49. The lowest BCUT2D eigenvalue weighted by Crippen LogP contribution is -2.33. The van der Waals surface area contributed by atoms with Gasteiger partial charge in [0.15, 0.2) is 0 Å². The number of benzene rings is 1. The molecule has 0 bridgehead atoms. The third-order valence-electron chi connectivity index (χ3n) is 2.98. The van der Waals surface area contributed by atoms with Crippen molar-refractivity contribution < 1.29 is 9.59 Å². The molecule has 1 aromatic carbocycles. The SMILES string of the molecule is CCNC(=O)c1ccc(CNC(=O)C(C)CNC)cc1. The van der Waals surface area contributed by atoms with Crippen molar-refractivity contribution in [2.45, 2.75) is 20.4 Å². The number of amides is 2. The second kappa shape index (κ2) is 8.32. The van der Waals surface area contributed by atoms with E-state index < -0.39 is 0 Å². The summed E-state index contributed by atoms with van der Waals surface area (Å²) in [5, 5.41) is 8.60. The Morgan fingerprint density at radius 2 is 1.80 bits per heavy atom. The highest BCUT2D eigenvalue weighted by Crippen LogP contribution is 2.05. The molecule has 0 aliphatic heterocycles. The van der Waals surface area contributed by atoms with Crippen LogP contribution in [0, 0.1) is 5.92 Å². The maximum Gasteiger partial charge on any atom is 0.251 e. The van der Waals surface area contributed by atoms with Crippen LogP contribution < -0.4 is 16.0 Å². The zero-order valence-electron chi connectivity index (χ0n) is 12.3.